The van der Waals surface area contributed by atoms with Gasteiger partial charge in [-0.25, -0.2) is 8.42 Å². The predicted octanol–water partition coefficient (Wildman–Crippen LogP) is 1.72. The van der Waals surface area contributed by atoms with Crippen LogP contribution in [0.3, 0.4) is 0 Å². The Morgan fingerprint density at radius 2 is 2.18 bits per heavy atom. The van der Waals surface area contributed by atoms with E-state index in [0.717, 1.165) is 24.0 Å². The summed E-state index contributed by atoms with van der Waals surface area (Å²) in [5.74, 6) is 0.504. The molecule has 5 nitrogen and oxygen atoms in total. The normalized spacial score (nSPS) is 15.6. The first-order chi connectivity index (χ1) is 7.99. The summed E-state index contributed by atoms with van der Waals surface area (Å²) in [5, 5.41) is 0. The van der Waals surface area contributed by atoms with Crippen LogP contribution >= 0.6 is 11.8 Å². The third-order valence-electron chi connectivity index (χ3n) is 2.20. The summed E-state index contributed by atoms with van der Waals surface area (Å²) in [6.07, 6.45) is 8.39. The largest absolute Gasteiger partial charge is 0.487 e. The highest BCUT2D eigenvalue weighted by atomic mass is 32.2. The molecule has 0 spiro atoms. The minimum Gasteiger partial charge on any atom is -0.487 e. The Morgan fingerprint density at radius 1 is 1.47 bits per heavy atom. The topological polar surface area (TPSA) is 68.3 Å². The molecule has 1 aliphatic rings. The van der Waals surface area contributed by atoms with Crippen molar-refractivity contribution in [3.05, 3.63) is 12.4 Å². The SMILES string of the molecule is CSc1cncc(OC2CC2)c1NS(C)(=O)=O. The van der Waals surface area contributed by atoms with Crippen molar-refractivity contribution in [1.82, 2.24) is 4.98 Å². The molecule has 1 N–H and O–H groups in total. The van der Waals surface area contributed by atoms with Crippen LogP contribution in [0.15, 0.2) is 17.3 Å². The third-order valence-corrected chi connectivity index (χ3v) is 3.53. The molecule has 94 valence electrons. The Labute approximate surface area is 105 Å². The average molecular weight is 274 g/mol. The van der Waals surface area contributed by atoms with Crippen molar-refractivity contribution in [2.24, 2.45) is 0 Å². The van der Waals surface area contributed by atoms with Crippen molar-refractivity contribution in [3.63, 3.8) is 0 Å². The van der Waals surface area contributed by atoms with Crippen molar-refractivity contribution in [1.29, 1.82) is 0 Å². The Bertz CT molecular complexity index is 512. The number of sulfonamides is 1. The summed E-state index contributed by atoms with van der Waals surface area (Å²) in [5.41, 5.74) is 0.488. The number of nitrogens with zero attached hydrogens (tertiary/aromatic N) is 1. The first-order valence-electron chi connectivity index (χ1n) is 5.16. The molecule has 17 heavy (non-hydrogen) atoms. The molecule has 0 saturated heterocycles. The van der Waals surface area contributed by atoms with Gasteiger partial charge in [-0.1, -0.05) is 0 Å². The van der Waals surface area contributed by atoms with Crippen LogP contribution in [0, 0.1) is 0 Å². The maximum absolute atomic E-state index is 11.3. The van der Waals surface area contributed by atoms with Gasteiger partial charge in [0.25, 0.3) is 0 Å². The number of rotatable bonds is 5. The summed E-state index contributed by atoms with van der Waals surface area (Å²) in [6.45, 7) is 0. The number of ether oxygens (including phenoxy) is 1. The number of hydrogen-bond acceptors (Lipinski definition) is 5. The van der Waals surface area contributed by atoms with Gasteiger partial charge in [0.05, 0.1) is 23.5 Å². The van der Waals surface area contributed by atoms with Crippen molar-refractivity contribution < 1.29 is 13.2 Å². The highest BCUT2D eigenvalue weighted by Gasteiger charge is 2.26. The summed E-state index contributed by atoms with van der Waals surface area (Å²) >= 11 is 1.43. The van der Waals surface area contributed by atoms with E-state index in [2.05, 4.69) is 9.71 Å². The number of pyridine rings is 1. The van der Waals surface area contributed by atoms with Gasteiger partial charge in [0, 0.05) is 6.20 Å². The molecule has 1 saturated carbocycles. The van der Waals surface area contributed by atoms with Crippen molar-refractivity contribution in [2.75, 3.05) is 17.2 Å². The van der Waals surface area contributed by atoms with E-state index in [1.807, 2.05) is 6.26 Å². The van der Waals surface area contributed by atoms with Crippen LogP contribution in [0.25, 0.3) is 0 Å². The smallest absolute Gasteiger partial charge is 0.229 e. The first kappa shape index (κ1) is 12.5. The highest BCUT2D eigenvalue weighted by Crippen LogP contribution is 2.37. The number of aromatic nitrogens is 1. The second kappa shape index (κ2) is 4.73. The van der Waals surface area contributed by atoms with Crippen molar-refractivity contribution >= 4 is 27.5 Å². The van der Waals surface area contributed by atoms with Crippen LogP contribution in [0.1, 0.15) is 12.8 Å². The molecular weight excluding hydrogens is 260 g/mol. The van der Waals surface area contributed by atoms with Crippen molar-refractivity contribution in [2.45, 2.75) is 23.8 Å². The van der Waals surface area contributed by atoms with Crippen LogP contribution in [0.5, 0.6) is 5.75 Å². The van der Waals surface area contributed by atoms with E-state index in [1.165, 1.54) is 11.8 Å². The number of thioether (sulfide) groups is 1. The molecule has 0 aromatic carbocycles. The van der Waals surface area contributed by atoms with Gasteiger partial charge in [-0.05, 0) is 19.1 Å². The lowest BCUT2D eigenvalue weighted by Gasteiger charge is -2.14. The summed E-state index contributed by atoms with van der Waals surface area (Å²) in [6, 6.07) is 0. The van der Waals surface area contributed by atoms with E-state index < -0.39 is 10.0 Å². The van der Waals surface area contributed by atoms with E-state index in [0.29, 0.717) is 11.4 Å². The lowest BCUT2D eigenvalue weighted by molar-refractivity contribution is 0.303. The Kier molecular flexibility index (Phi) is 3.48. The molecule has 1 aliphatic carbocycles. The van der Waals surface area contributed by atoms with Gasteiger partial charge in [0.2, 0.25) is 10.0 Å². The zero-order chi connectivity index (χ0) is 12.5. The Balaban J connectivity index is 2.35. The van der Waals surface area contributed by atoms with Crippen LogP contribution < -0.4 is 9.46 Å². The molecule has 0 unspecified atom stereocenters. The van der Waals surface area contributed by atoms with Crippen LogP contribution in [0.2, 0.25) is 0 Å². The molecule has 0 aliphatic heterocycles. The van der Waals surface area contributed by atoms with Gasteiger partial charge in [-0.3, -0.25) is 9.71 Å². The van der Waals surface area contributed by atoms with Crippen LogP contribution in [0.4, 0.5) is 5.69 Å². The summed E-state index contributed by atoms with van der Waals surface area (Å²) in [7, 11) is -3.32. The molecule has 1 aromatic rings. The Hall–Kier alpha value is -0.950. The van der Waals surface area contributed by atoms with Crippen LogP contribution in [-0.2, 0) is 10.0 Å². The summed E-state index contributed by atoms with van der Waals surface area (Å²) in [4.78, 5) is 4.80. The fraction of sp³-hybridized carbons (Fsp3) is 0.500. The van der Waals surface area contributed by atoms with Gasteiger partial charge >= 0.3 is 0 Å². The monoisotopic (exact) mass is 274 g/mol. The lowest BCUT2D eigenvalue weighted by atomic mass is 10.4. The maximum Gasteiger partial charge on any atom is 0.229 e. The molecule has 1 aromatic heterocycles. The van der Waals surface area contributed by atoms with Gasteiger partial charge in [-0.15, -0.1) is 11.8 Å². The van der Waals surface area contributed by atoms with E-state index >= 15 is 0 Å². The van der Waals surface area contributed by atoms with Crippen molar-refractivity contribution in [3.8, 4) is 5.75 Å². The molecule has 0 atom stereocenters. The molecule has 0 radical (unpaired) electrons. The van der Waals surface area contributed by atoms with Gasteiger partial charge in [0.1, 0.15) is 5.69 Å². The zero-order valence-electron chi connectivity index (χ0n) is 9.63. The number of hydrogen-bond donors (Lipinski definition) is 1. The fourth-order valence-corrected chi connectivity index (χ4v) is 2.49. The minimum absolute atomic E-state index is 0.203. The van der Waals surface area contributed by atoms with E-state index in [1.54, 1.807) is 12.4 Å². The fourth-order valence-electron chi connectivity index (χ4n) is 1.32. The lowest BCUT2D eigenvalue weighted by Crippen LogP contribution is -2.12. The average Bonchev–Trinajstić information content (AvgIpc) is 3.02. The second-order valence-electron chi connectivity index (χ2n) is 3.91. The maximum atomic E-state index is 11.3. The van der Waals surface area contributed by atoms with E-state index in [-0.39, 0.29) is 6.10 Å². The van der Waals surface area contributed by atoms with E-state index in [4.69, 9.17) is 4.74 Å². The molecular formula is C10H14N2O3S2. The van der Waals surface area contributed by atoms with Gasteiger partial charge < -0.3 is 4.74 Å². The molecule has 1 fully saturated rings. The van der Waals surface area contributed by atoms with E-state index in [9.17, 15) is 8.42 Å². The van der Waals surface area contributed by atoms with Gasteiger partial charge in [0.15, 0.2) is 5.75 Å². The number of nitrogens with one attached hydrogen (secondary N) is 1. The van der Waals surface area contributed by atoms with Gasteiger partial charge in [-0.2, -0.15) is 0 Å². The Morgan fingerprint density at radius 3 is 2.71 bits per heavy atom. The minimum atomic E-state index is -3.32. The molecule has 0 amide bonds. The molecule has 1 heterocycles. The molecule has 7 heteroatoms. The predicted molar refractivity (Wildman–Crippen MR) is 68.1 cm³/mol. The second-order valence-corrected chi connectivity index (χ2v) is 6.50. The zero-order valence-corrected chi connectivity index (χ0v) is 11.3. The van der Waals surface area contributed by atoms with Crippen LogP contribution in [-0.4, -0.2) is 32.0 Å². The first-order valence-corrected chi connectivity index (χ1v) is 8.27. The molecule has 2 rings (SSSR count). The summed E-state index contributed by atoms with van der Waals surface area (Å²) < 4.78 is 30.8. The highest BCUT2D eigenvalue weighted by molar-refractivity contribution is 7.99. The standard InChI is InChI=1S/C10H14N2O3S2/c1-16-9-6-11-5-8(15-7-3-4-7)10(9)12-17(2,13)14/h5-7H,3-4H2,1-2H3,(H,11,12). The number of anilines is 1. The molecule has 0 bridgehead atoms. The quantitative estimate of drug-likeness (QED) is 0.828. The third kappa shape index (κ3) is 3.50.